The van der Waals surface area contributed by atoms with Gasteiger partial charge in [-0.15, -0.1) is 0 Å². The monoisotopic (exact) mass is 285 g/mol. The Bertz CT molecular complexity index is 1000. The molecule has 0 aliphatic carbocycles. The average Bonchev–Trinajstić information content (AvgIpc) is 2.55. The zero-order valence-corrected chi connectivity index (χ0v) is 12.3. The van der Waals surface area contributed by atoms with E-state index in [0.717, 1.165) is 27.5 Å². The second-order valence-corrected chi connectivity index (χ2v) is 5.54. The molecule has 0 saturated heterocycles. The summed E-state index contributed by atoms with van der Waals surface area (Å²) in [7, 11) is 0. The van der Waals surface area contributed by atoms with Crippen LogP contribution in [0.5, 0.6) is 0 Å². The lowest BCUT2D eigenvalue weighted by Crippen LogP contribution is -2.10. The molecule has 4 aromatic rings. The van der Waals surface area contributed by atoms with Gasteiger partial charge >= 0.3 is 0 Å². The molecule has 106 valence electrons. The molecule has 0 fully saturated rings. The van der Waals surface area contributed by atoms with E-state index in [0.29, 0.717) is 0 Å². The number of rotatable bonds is 1. The highest BCUT2D eigenvalue weighted by Gasteiger charge is 2.11. The molecule has 0 saturated carbocycles. The third kappa shape index (κ3) is 1.85. The van der Waals surface area contributed by atoms with Crippen LogP contribution in [0, 0.1) is 6.92 Å². The number of pyridine rings is 1. The molecular weight excluding hydrogens is 270 g/mol. The molecule has 0 spiro atoms. The van der Waals surface area contributed by atoms with Crippen molar-refractivity contribution in [2.24, 2.45) is 0 Å². The smallest absolute Gasteiger partial charge is 0.197 e. The van der Waals surface area contributed by atoms with Gasteiger partial charge in [0.05, 0.1) is 11.0 Å². The molecule has 0 bridgehead atoms. The van der Waals surface area contributed by atoms with E-state index >= 15 is 0 Å². The van der Waals surface area contributed by atoms with E-state index < -0.39 is 0 Å². The molecule has 22 heavy (non-hydrogen) atoms. The van der Waals surface area contributed by atoms with Crippen LogP contribution in [0.25, 0.3) is 27.5 Å². The van der Waals surface area contributed by atoms with Crippen molar-refractivity contribution < 1.29 is 0 Å². The zero-order chi connectivity index (χ0) is 15.1. The molecule has 0 radical (unpaired) electrons. The van der Waals surface area contributed by atoms with Gasteiger partial charge < -0.3 is 4.57 Å². The Kier molecular flexibility index (Phi) is 2.83. The fourth-order valence-corrected chi connectivity index (χ4v) is 3.04. The number of benzene rings is 3. The van der Waals surface area contributed by atoms with Crippen LogP contribution in [0.2, 0.25) is 0 Å². The fourth-order valence-electron chi connectivity index (χ4n) is 3.04. The molecule has 1 heterocycles. The standard InChI is InChI=1S/C20H15NO/c1-14-7-6-8-15(13-14)21-18-11-4-2-9-16(18)20(22)17-10-3-5-12-19(17)21/h2-13H,1H3. The second-order valence-electron chi connectivity index (χ2n) is 5.54. The van der Waals surface area contributed by atoms with Gasteiger partial charge in [-0.3, -0.25) is 4.79 Å². The first-order valence-corrected chi connectivity index (χ1v) is 7.35. The number of hydrogen-bond donors (Lipinski definition) is 0. The van der Waals surface area contributed by atoms with Crippen molar-refractivity contribution in [1.82, 2.24) is 4.57 Å². The largest absolute Gasteiger partial charge is 0.309 e. The summed E-state index contributed by atoms with van der Waals surface area (Å²) in [6.45, 7) is 2.08. The highest BCUT2D eigenvalue weighted by atomic mass is 16.1. The summed E-state index contributed by atoms with van der Waals surface area (Å²) in [6, 6.07) is 23.9. The van der Waals surface area contributed by atoms with Crippen LogP contribution in [0.4, 0.5) is 0 Å². The van der Waals surface area contributed by atoms with E-state index in [1.165, 1.54) is 5.56 Å². The first-order chi connectivity index (χ1) is 10.8. The number of fused-ring (bicyclic) bond motifs is 2. The minimum Gasteiger partial charge on any atom is -0.309 e. The minimum absolute atomic E-state index is 0.0927. The van der Waals surface area contributed by atoms with Crippen molar-refractivity contribution in [2.75, 3.05) is 0 Å². The molecule has 0 aliphatic rings. The van der Waals surface area contributed by atoms with Crippen LogP contribution < -0.4 is 5.43 Å². The molecule has 1 aromatic heterocycles. The Balaban J connectivity index is 2.28. The van der Waals surface area contributed by atoms with E-state index in [-0.39, 0.29) is 5.43 Å². The molecule has 0 amide bonds. The average molecular weight is 285 g/mol. The summed E-state index contributed by atoms with van der Waals surface area (Å²) >= 11 is 0. The lowest BCUT2D eigenvalue weighted by molar-refractivity contribution is 1.15. The first kappa shape index (κ1) is 12.8. The topological polar surface area (TPSA) is 22.0 Å². The highest BCUT2D eigenvalue weighted by molar-refractivity contribution is 5.95. The molecule has 0 aliphatic heterocycles. The minimum atomic E-state index is 0.0927. The summed E-state index contributed by atoms with van der Waals surface area (Å²) < 4.78 is 2.17. The predicted molar refractivity (Wildman–Crippen MR) is 91.8 cm³/mol. The van der Waals surface area contributed by atoms with Gasteiger partial charge in [0.2, 0.25) is 0 Å². The van der Waals surface area contributed by atoms with Gasteiger partial charge in [0, 0.05) is 16.5 Å². The van der Waals surface area contributed by atoms with E-state index in [2.05, 4.69) is 29.7 Å². The van der Waals surface area contributed by atoms with Gasteiger partial charge in [-0.1, -0.05) is 36.4 Å². The van der Waals surface area contributed by atoms with Crippen molar-refractivity contribution in [3.05, 3.63) is 88.6 Å². The van der Waals surface area contributed by atoms with Crippen molar-refractivity contribution in [3.63, 3.8) is 0 Å². The van der Waals surface area contributed by atoms with Gasteiger partial charge in [0.25, 0.3) is 0 Å². The first-order valence-electron chi connectivity index (χ1n) is 7.35. The molecule has 4 rings (SSSR count). The molecule has 0 atom stereocenters. The fraction of sp³-hybridized carbons (Fsp3) is 0.0500. The molecule has 0 unspecified atom stereocenters. The number of para-hydroxylation sites is 2. The maximum absolute atomic E-state index is 12.7. The summed E-state index contributed by atoms with van der Waals surface area (Å²) in [5.41, 5.74) is 4.25. The lowest BCUT2D eigenvalue weighted by atomic mass is 10.1. The van der Waals surface area contributed by atoms with Gasteiger partial charge in [-0.2, -0.15) is 0 Å². The maximum atomic E-state index is 12.7. The van der Waals surface area contributed by atoms with E-state index in [4.69, 9.17) is 0 Å². The summed E-state index contributed by atoms with van der Waals surface area (Å²) in [5.74, 6) is 0. The second kappa shape index (κ2) is 4.85. The summed E-state index contributed by atoms with van der Waals surface area (Å²) in [6.07, 6.45) is 0. The highest BCUT2D eigenvalue weighted by Crippen LogP contribution is 2.24. The van der Waals surface area contributed by atoms with Crippen LogP contribution in [0.3, 0.4) is 0 Å². The maximum Gasteiger partial charge on any atom is 0.197 e. The van der Waals surface area contributed by atoms with Crippen molar-refractivity contribution in [1.29, 1.82) is 0 Å². The number of aryl methyl sites for hydroxylation is 1. The molecule has 2 heteroatoms. The van der Waals surface area contributed by atoms with Crippen LogP contribution in [0.1, 0.15) is 5.56 Å². The number of aromatic nitrogens is 1. The number of nitrogens with zero attached hydrogens (tertiary/aromatic N) is 1. The van der Waals surface area contributed by atoms with E-state index in [1.54, 1.807) is 0 Å². The quantitative estimate of drug-likeness (QED) is 0.473. The molecule has 2 nitrogen and oxygen atoms in total. The summed E-state index contributed by atoms with van der Waals surface area (Å²) in [5, 5.41) is 1.51. The normalized spacial score (nSPS) is 11.1. The van der Waals surface area contributed by atoms with Crippen LogP contribution in [0.15, 0.2) is 77.6 Å². The SMILES string of the molecule is Cc1cccc(-n2c3ccccc3c(=O)c3ccccc32)c1. The predicted octanol–water partition coefficient (Wildman–Crippen LogP) is 4.45. The Labute approximate surface area is 128 Å². The van der Waals surface area contributed by atoms with Crippen molar-refractivity contribution >= 4 is 21.8 Å². The van der Waals surface area contributed by atoms with Crippen LogP contribution in [-0.2, 0) is 0 Å². The van der Waals surface area contributed by atoms with Gasteiger partial charge in [-0.25, -0.2) is 0 Å². The number of hydrogen-bond acceptors (Lipinski definition) is 1. The van der Waals surface area contributed by atoms with Crippen LogP contribution in [-0.4, -0.2) is 4.57 Å². The Morgan fingerprint density at radius 2 is 1.32 bits per heavy atom. The third-order valence-corrected chi connectivity index (χ3v) is 4.04. The Morgan fingerprint density at radius 1 is 0.727 bits per heavy atom. The van der Waals surface area contributed by atoms with Gasteiger partial charge in [-0.05, 0) is 48.9 Å². The van der Waals surface area contributed by atoms with Crippen LogP contribution >= 0.6 is 0 Å². The van der Waals surface area contributed by atoms with Gasteiger partial charge in [0.1, 0.15) is 0 Å². The molecule has 3 aromatic carbocycles. The summed E-state index contributed by atoms with van der Waals surface area (Å²) in [4.78, 5) is 12.7. The Morgan fingerprint density at radius 3 is 1.91 bits per heavy atom. The molecule has 0 N–H and O–H groups in total. The molecular formula is C20H15NO. The van der Waals surface area contributed by atoms with E-state index in [9.17, 15) is 4.79 Å². The lowest BCUT2D eigenvalue weighted by Gasteiger charge is -2.15. The van der Waals surface area contributed by atoms with Crippen molar-refractivity contribution in [2.45, 2.75) is 6.92 Å². The zero-order valence-electron chi connectivity index (χ0n) is 12.3. The third-order valence-electron chi connectivity index (χ3n) is 4.04. The van der Waals surface area contributed by atoms with E-state index in [1.807, 2.05) is 54.6 Å². The van der Waals surface area contributed by atoms with Gasteiger partial charge in [0.15, 0.2) is 5.43 Å². The Hall–Kier alpha value is -2.87. The van der Waals surface area contributed by atoms with Crippen molar-refractivity contribution in [3.8, 4) is 5.69 Å².